The molecule has 1 unspecified atom stereocenters. The number of allylic oxidation sites excluding steroid dienone is 2. The third kappa shape index (κ3) is 6.23. The minimum absolute atomic E-state index is 0. The molecule has 0 amide bonds. The topological polar surface area (TPSA) is 40.5 Å². The Morgan fingerprint density at radius 3 is 2.37 bits per heavy atom. The van der Waals surface area contributed by atoms with Gasteiger partial charge in [-0.1, -0.05) is 62.1 Å². The van der Waals surface area contributed by atoms with Crippen LogP contribution in [0.25, 0.3) is 0 Å². The maximum Gasteiger partial charge on any atom is 0.0818 e. The molecule has 4 atom stereocenters. The smallest absolute Gasteiger partial charge is 0.0818 e. The van der Waals surface area contributed by atoms with Gasteiger partial charge >= 0.3 is 0 Å². The molecule has 27 heavy (non-hydrogen) atoms. The van der Waals surface area contributed by atoms with Crippen molar-refractivity contribution in [1.82, 2.24) is 0 Å². The molecule has 1 aromatic carbocycles. The van der Waals surface area contributed by atoms with E-state index in [1.807, 2.05) is 0 Å². The number of aliphatic hydroxyl groups is 2. The second-order valence-electron chi connectivity index (χ2n) is 8.29. The van der Waals surface area contributed by atoms with Crippen molar-refractivity contribution in [3.63, 3.8) is 0 Å². The molecule has 0 spiro atoms. The second-order valence-corrected chi connectivity index (χ2v) is 8.29. The quantitative estimate of drug-likeness (QED) is 0.418. The Morgan fingerprint density at radius 1 is 1.00 bits per heavy atom. The minimum Gasteiger partial charge on any atom is -0.392 e. The summed E-state index contributed by atoms with van der Waals surface area (Å²) in [6, 6.07) is 8.48. The van der Waals surface area contributed by atoms with Gasteiger partial charge in [0.1, 0.15) is 0 Å². The van der Waals surface area contributed by atoms with Crippen molar-refractivity contribution in [1.29, 1.82) is 0 Å². The molecule has 2 aliphatic carbocycles. The van der Waals surface area contributed by atoms with Crippen molar-refractivity contribution < 1.29 is 42.9 Å². The van der Waals surface area contributed by atoms with Gasteiger partial charge in [-0.25, -0.2) is 0 Å². The average molecular weight is 444 g/mol. The summed E-state index contributed by atoms with van der Waals surface area (Å²) in [6.45, 7) is 3.87. The number of hydrogen-bond donors (Lipinski definition) is 2. The van der Waals surface area contributed by atoms with E-state index in [9.17, 15) is 10.2 Å². The third-order valence-corrected chi connectivity index (χ3v) is 6.49. The van der Waals surface area contributed by atoms with Gasteiger partial charge in [-0.3, -0.25) is 0 Å². The molecule has 2 aliphatic rings. The summed E-state index contributed by atoms with van der Waals surface area (Å²) in [5, 5.41) is 21.2. The average Bonchev–Trinajstić information content (AvgIpc) is 3.06. The van der Waals surface area contributed by atoms with Crippen molar-refractivity contribution in [2.45, 2.75) is 82.3 Å². The van der Waals surface area contributed by atoms with E-state index >= 15 is 0 Å². The molecule has 1 radical (unpaired) electrons. The number of rotatable bonds is 7. The molecule has 2 N–H and O–H groups in total. The fourth-order valence-electron chi connectivity index (χ4n) is 4.96. The summed E-state index contributed by atoms with van der Waals surface area (Å²) in [5.41, 5.74) is 2.27. The first-order valence-corrected chi connectivity index (χ1v) is 10.6. The van der Waals surface area contributed by atoms with Crippen LogP contribution in [0.4, 0.5) is 0 Å². The maximum atomic E-state index is 10.7. The van der Waals surface area contributed by atoms with Gasteiger partial charge in [0.05, 0.1) is 12.2 Å². The van der Waals surface area contributed by atoms with Gasteiger partial charge in [0.15, 0.2) is 0 Å². The summed E-state index contributed by atoms with van der Waals surface area (Å²) in [5.74, 6) is 1.15. The van der Waals surface area contributed by atoms with E-state index in [2.05, 4.69) is 43.3 Å². The normalized spacial score (nSPS) is 27.6. The van der Waals surface area contributed by atoms with Crippen molar-refractivity contribution in [3.8, 4) is 0 Å². The molecule has 0 aromatic heterocycles. The predicted molar refractivity (Wildman–Crippen MR) is 108 cm³/mol. The molecule has 3 heteroatoms. The van der Waals surface area contributed by atoms with Crippen LogP contribution in [0.5, 0.6) is 0 Å². The number of benzene rings is 1. The van der Waals surface area contributed by atoms with E-state index in [0.717, 1.165) is 50.5 Å². The number of hydrogen-bond acceptors (Lipinski definition) is 2. The van der Waals surface area contributed by atoms with Crippen LogP contribution in [0.3, 0.4) is 0 Å². The van der Waals surface area contributed by atoms with Crippen LogP contribution < -0.4 is 0 Å². The Hall–Kier alpha value is -0.0161. The second kappa shape index (κ2) is 11.9. The predicted octanol–water partition coefficient (Wildman–Crippen LogP) is 5.71. The first kappa shape index (κ1) is 23.3. The van der Waals surface area contributed by atoms with Crippen LogP contribution >= 0.6 is 0 Å². The van der Waals surface area contributed by atoms with Gasteiger partial charge < -0.3 is 17.1 Å². The molecule has 1 aromatic rings. The molecular formula is C24H35O2Y-. The SMILES string of the molecule is [CH2-]CCC=CC[C@H]1CC[C@@H](O)[C@@H]1c1ccc(C(O)C2CCCCC2)cc1.[Y]. The minimum atomic E-state index is -0.334. The fourth-order valence-corrected chi connectivity index (χ4v) is 4.96. The van der Waals surface area contributed by atoms with Gasteiger partial charge in [0.2, 0.25) is 0 Å². The molecule has 2 nitrogen and oxygen atoms in total. The molecular weight excluding hydrogens is 409 g/mol. The number of aliphatic hydroxyl groups excluding tert-OH is 2. The first-order chi connectivity index (χ1) is 12.7. The van der Waals surface area contributed by atoms with E-state index in [4.69, 9.17) is 0 Å². The molecule has 2 fully saturated rings. The van der Waals surface area contributed by atoms with E-state index in [1.54, 1.807) is 0 Å². The van der Waals surface area contributed by atoms with Crippen LogP contribution in [-0.2, 0) is 32.7 Å². The fraction of sp³-hybridized carbons (Fsp3) is 0.625. The van der Waals surface area contributed by atoms with Crippen molar-refractivity contribution in [2.75, 3.05) is 0 Å². The molecule has 0 saturated heterocycles. The van der Waals surface area contributed by atoms with E-state index in [-0.39, 0.29) is 50.8 Å². The van der Waals surface area contributed by atoms with Crippen LogP contribution in [0.1, 0.15) is 87.4 Å². The molecule has 0 bridgehead atoms. The largest absolute Gasteiger partial charge is 0.392 e. The van der Waals surface area contributed by atoms with Crippen molar-refractivity contribution in [2.24, 2.45) is 11.8 Å². The molecule has 0 aliphatic heterocycles. The Kier molecular flexibility index (Phi) is 10.2. The monoisotopic (exact) mass is 444 g/mol. The van der Waals surface area contributed by atoms with Crippen molar-refractivity contribution in [3.05, 3.63) is 54.5 Å². The Bertz CT molecular complexity index is 562. The van der Waals surface area contributed by atoms with E-state index in [1.165, 1.54) is 24.8 Å². The molecule has 2 saturated carbocycles. The maximum absolute atomic E-state index is 10.7. The van der Waals surface area contributed by atoms with Crippen molar-refractivity contribution >= 4 is 0 Å². The zero-order valence-corrected chi connectivity index (χ0v) is 19.4. The molecule has 147 valence electrons. The van der Waals surface area contributed by atoms with E-state index in [0.29, 0.717) is 11.8 Å². The first-order valence-electron chi connectivity index (χ1n) is 10.6. The summed E-state index contributed by atoms with van der Waals surface area (Å²) in [6.07, 6.45) is 15.0. The summed E-state index contributed by atoms with van der Waals surface area (Å²) in [7, 11) is 0. The third-order valence-electron chi connectivity index (χ3n) is 6.49. The Balaban J connectivity index is 0.00000261. The summed E-state index contributed by atoms with van der Waals surface area (Å²) in [4.78, 5) is 0. The summed E-state index contributed by atoms with van der Waals surface area (Å²) >= 11 is 0. The van der Waals surface area contributed by atoms with Gasteiger partial charge in [0.25, 0.3) is 0 Å². The molecule has 3 rings (SSSR count). The van der Waals surface area contributed by atoms with Crippen LogP contribution in [0, 0.1) is 18.8 Å². The Labute approximate surface area is 190 Å². The van der Waals surface area contributed by atoms with Crippen LogP contribution in [0.2, 0.25) is 0 Å². The zero-order valence-electron chi connectivity index (χ0n) is 16.6. The van der Waals surface area contributed by atoms with Gasteiger partial charge in [-0.05, 0) is 55.1 Å². The van der Waals surface area contributed by atoms with E-state index < -0.39 is 0 Å². The Morgan fingerprint density at radius 2 is 1.70 bits per heavy atom. The van der Waals surface area contributed by atoms with Crippen LogP contribution in [-0.4, -0.2) is 16.3 Å². The van der Waals surface area contributed by atoms with Gasteiger partial charge in [-0.15, -0.1) is 0 Å². The summed E-state index contributed by atoms with van der Waals surface area (Å²) < 4.78 is 0. The molecule has 0 heterocycles. The van der Waals surface area contributed by atoms with Gasteiger partial charge in [-0.2, -0.15) is 6.42 Å². The van der Waals surface area contributed by atoms with Gasteiger partial charge in [0, 0.05) is 38.6 Å². The standard InChI is InChI=1S/C24H35O2.Y/c1-2-3-4-6-9-18-16-17-22(25)23(18)19-12-14-21(15-13-19)24(26)20-10-7-5-8-11-20;/h4,6,12-15,18,20,22-26H,1-3,5,7-11,16-17H2;/q-1;/t18-,22+,23-,24?;/m0./s1. The number of unbranched alkanes of at least 4 members (excludes halogenated alkanes) is 1. The van der Waals surface area contributed by atoms with Crippen LogP contribution in [0.15, 0.2) is 36.4 Å². The zero-order chi connectivity index (χ0) is 18.4.